The summed E-state index contributed by atoms with van der Waals surface area (Å²) in [6, 6.07) is 4.03. The van der Waals surface area contributed by atoms with Gasteiger partial charge in [-0.3, -0.25) is 4.90 Å². The maximum Gasteiger partial charge on any atom is 0.252 e. The number of piperazine rings is 1. The number of morpholine rings is 1. The fourth-order valence-electron chi connectivity index (χ4n) is 2.99. The molecule has 1 N–H and O–H groups in total. The lowest BCUT2D eigenvalue weighted by atomic mass is 10.2. The topological polar surface area (TPSA) is 61.9 Å². The van der Waals surface area contributed by atoms with Crippen LogP contribution in [-0.4, -0.2) is 75.6 Å². The Morgan fingerprint density at radius 3 is 3.05 bits per heavy atom. The summed E-state index contributed by atoms with van der Waals surface area (Å²) in [4.78, 5) is 2.38. The fourth-order valence-corrected chi connectivity index (χ4v) is 5.62. The van der Waals surface area contributed by atoms with Gasteiger partial charge in [-0.15, -0.1) is 11.3 Å². The van der Waals surface area contributed by atoms with Crippen LogP contribution < -0.4 is 5.32 Å². The second kappa shape index (κ2) is 6.94. The molecule has 1 aromatic rings. The molecule has 0 saturated carbocycles. The molecule has 2 saturated heterocycles. The molecule has 8 heteroatoms. The molecular formula is C14H23N3O3S2. The van der Waals surface area contributed by atoms with Crippen LogP contribution in [-0.2, 0) is 14.8 Å². The van der Waals surface area contributed by atoms with Gasteiger partial charge in [-0.05, 0) is 18.4 Å². The quantitative estimate of drug-likeness (QED) is 0.858. The van der Waals surface area contributed by atoms with Crippen LogP contribution in [0.1, 0.15) is 6.92 Å². The number of sulfonamides is 1. The first kappa shape index (κ1) is 16.4. The molecule has 0 spiro atoms. The van der Waals surface area contributed by atoms with Crippen LogP contribution in [0.3, 0.4) is 0 Å². The van der Waals surface area contributed by atoms with Crippen molar-refractivity contribution in [2.75, 3.05) is 45.9 Å². The largest absolute Gasteiger partial charge is 0.379 e. The van der Waals surface area contributed by atoms with E-state index in [9.17, 15) is 8.42 Å². The summed E-state index contributed by atoms with van der Waals surface area (Å²) in [6.45, 7) is 7.21. The van der Waals surface area contributed by atoms with Gasteiger partial charge < -0.3 is 10.1 Å². The second-order valence-corrected chi connectivity index (χ2v) is 8.98. The summed E-state index contributed by atoms with van der Waals surface area (Å²) in [5, 5.41) is 5.26. The summed E-state index contributed by atoms with van der Waals surface area (Å²) in [5.74, 6) is 0. The molecule has 2 fully saturated rings. The normalized spacial score (nSPS) is 28.8. The van der Waals surface area contributed by atoms with Gasteiger partial charge in [0.25, 0.3) is 10.0 Å². The Morgan fingerprint density at radius 2 is 2.32 bits per heavy atom. The van der Waals surface area contributed by atoms with Gasteiger partial charge in [0.05, 0.1) is 13.2 Å². The molecule has 2 aliphatic rings. The van der Waals surface area contributed by atoms with Crippen LogP contribution in [0.2, 0.25) is 0 Å². The maximum atomic E-state index is 12.6. The first-order chi connectivity index (χ1) is 10.6. The van der Waals surface area contributed by atoms with E-state index < -0.39 is 10.0 Å². The Bertz CT molecular complexity index is 576. The Balaban J connectivity index is 1.64. The molecule has 3 heterocycles. The van der Waals surface area contributed by atoms with Crippen molar-refractivity contribution >= 4 is 21.4 Å². The number of thiophene rings is 1. The average Bonchev–Trinajstić information content (AvgIpc) is 3.05. The predicted molar refractivity (Wildman–Crippen MR) is 86.7 cm³/mol. The summed E-state index contributed by atoms with van der Waals surface area (Å²) < 4.78 is 32.8. The average molecular weight is 345 g/mol. The van der Waals surface area contributed by atoms with E-state index in [4.69, 9.17) is 4.74 Å². The minimum absolute atomic E-state index is 0.170. The number of nitrogens with zero attached hydrogens (tertiary/aromatic N) is 2. The van der Waals surface area contributed by atoms with Crippen LogP contribution in [0, 0.1) is 0 Å². The fraction of sp³-hybridized carbons (Fsp3) is 0.714. The van der Waals surface area contributed by atoms with E-state index in [1.165, 1.54) is 11.3 Å². The Kier molecular flexibility index (Phi) is 5.16. The molecule has 0 bridgehead atoms. The molecule has 6 nitrogen and oxygen atoms in total. The van der Waals surface area contributed by atoms with E-state index in [1.54, 1.807) is 16.4 Å². The molecule has 0 aromatic carbocycles. The molecule has 2 unspecified atom stereocenters. The van der Waals surface area contributed by atoms with E-state index >= 15 is 0 Å². The van der Waals surface area contributed by atoms with Gasteiger partial charge >= 0.3 is 0 Å². The van der Waals surface area contributed by atoms with Crippen LogP contribution in [0.4, 0.5) is 0 Å². The number of hydrogen-bond acceptors (Lipinski definition) is 6. The Morgan fingerprint density at radius 1 is 1.45 bits per heavy atom. The molecule has 124 valence electrons. The van der Waals surface area contributed by atoms with Crippen LogP contribution in [0.15, 0.2) is 21.7 Å². The van der Waals surface area contributed by atoms with Crippen molar-refractivity contribution in [3.63, 3.8) is 0 Å². The molecule has 0 amide bonds. The molecule has 2 atom stereocenters. The Labute approximate surface area is 136 Å². The van der Waals surface area contributed by atoms with Gasteiger partial charge in [-0.1, -0.05) is 6.07 Å². The van der Waals surface area contributed by atoms with Gasteiger partial charge in [0.1, 0.15) is 4.21 Å². The molecular weight excluding hydrogens is 322 g/mol. The zero-order chi connectivity index (χ0) is 15.6. The smallest absolute Gasteiger partial charge is 0.252 e. The first-order valence-corrected chi connectivity index (χ1v) is 9.98. The van der Waals surface area contributed by atoms with Gasteiger partial charge in [-0.25, -0.2) is 8.42 Å². The highest BCUT2D eigenvalue weighted by Crippen LogP contribution is 2.22. The van der Waals surface area contributed by atoms with Gasteiger partial charge in [0.2, 0.25) is 0 Å². The number of hydrogen-bond donors (Lipinski definition) is 1. The lowest BCUT2D eigenvalue weighted by Gasteiger charge is -2.39. The standard InChI is InChI=1S/C14H23N3O3S2/c1-12-11-20-7-6-16(12)9-13-10-17(5-4-15-13)22(18,19)14-3-2-8-21-14/h2-3,8,12-13,15H,4-7,9-11H2,1H3. The molecule has 0 aliphatic carbocycles. The second-order valence-electron chi connectivity index (χ2n) is 5.87. The summed E-state index contributed by atoms with van der Waals surface area (Å²) in [5.41, 5.74) is 0. The number of nitrogens with one attached hydrogen (secondary N) is 1. The van der Waals surface area contributed by atoms with E-state index in [0.29, 0.717) is 29.9 Å². The SMILES string of the molecule is CC1COCCN1CC1CN(S(=O)(=O)c2cccs2)CCN1. The Hall–Kier alpha value is -0.510. The number of rotatable bonds is 4. The summed E-state index contributed by atoms with van der Waals surface area (Å²) in [7, 11) is -3.34. The third kappa shape index (κ3) is 3.52. The van der Waals surface area contributed by atoms with Crippen LogP contribution >= 0.6 is 11.3 Å². The van der Waals surface area contributed by atoms with Crippen molar-refractivity contribution in [2.45, 2.75) is 23.2 Å². The zero-order valence-corrected chi connectivity index (χ0v) is 14.4. The third-order valence-electron chi connectivity index (χ3n) is 4.27. The van der Waals surface area contributed by atoms with E-state index in [1.807, 2.05) is 5.38 Å². The predicted octanol–water partition coefficient (Wildman–Crippen LogP) is 0.431. The lowest BCUT2D eigenvalue weighted by molar-refractivity contribution is -0.00616. The molecule has 0 radical (unpaired) electrons. The molecule has 22 heavy (non-hydrogen) atoms. The van der Waals surface area contributed by atoms with Crippen molar-refractivity contribution in [3.8, 4) is 0 Å². The van der Waals surface area contributed by atoms with Gasteiger partial charge in [-0.2, -0.15) is 4.31 Å². The zero-order valence-electron chi connectivity index (χ0n) is 12.8. The summed E-state index contributed by atoms with van der Waals surface area (Å²) in [6.07, 6.45) is 0. The number of ether oxygens (including phenoxy) is 1. The highest BCUT2D eigenvalue weighted by Gasteiger charge is 2.32. The highest BCUT2D eigenvalue weighted by molar-refractivity contribution is 7.91. The van der Waals surface area contributed by atoms with Crippen molar-refractivity contribution in [1.82, 2.24) is 14.5 Å². The molecule has 3 rings (SSSR count). The van der Waals surface area contributed by atoms with E-state index in [-0.39, 0.29) is 6.04 Å². The first-order valence-electron chi connectivity index (χ1n) is 7.66. The van der Waals surface area contributed by atoms with Crippen molar-refractivity contribution in [1.29, 1.82) is 0 Å². The maximum absolute atomic E-state index is 12.6. The lowest BCUT2D eigenvalue weighted by Crippen LogP contribution is -2.58. The minimum Gasteiger partial charge on any atom is -0.379 e. The van der Waals surface area contributed by atoms with E-state index in [0.717, 1.165) is 26.3 Å². The van der Waals surface area contributed by atoms with Gasteiger partial charge in [0.15, 0.2) is 0 Å². The monoisotopic (exact) mass is 345 g/mol. The van der Waals surface area contributed by atoms with Crippen LogP contribution in [0.25, 0.3) is 0 Å². The molecule has 2 aliphatic heterocycles. The highest BCUT2D eigenvalue weighted by atomic mass is 32.2. The van der Waals surface area contributed by atoms with Crippen LogP contribution in [0.5, 0.6) is 0 Å². The van der Waals surface area contributed by atoms with Crippen molar-refractivity contribution in [2.24, 2.45) is 0 Å². The minimum atomic E-state index is -3.34. The van der Waals surface area contributed by atoms with Gasteiger partial charge in [0, 0.05) is 44.8 Å². The van der Waals surface area contributed by atoms with Crippen molar-refractivity contribution in [3.05, 3.63) is 17.5 Å². The van der Waals surface area contributed by atoms with E-state index in [2.05, 4.69) is 17.1 Å². The molecule has 1 aromatic heterocycles. The summed E-state index contributed by atoms with van der Waals surface area (Å²) >= 11 is 1.28. The van der Waals surface area contributed by atoms with Crippen molar-refractivity contribution < 1.29 is 13.2 Å². The third-order valence-corrected chi connectivity index (χ3v) is 7.51.